The van der Waals surface area contributed by atoms with E-state index in [1.54, 1.807) is 23.6 Å². The van der Waals surface area contributed by atoms with Crippen LogP contribution in [0.2, 0.25) is 0 Å². The summed E-state index contributed by atoms with van der Waals surface area (Å²) in [7, 11) is 0. The van der Waals surface area contributed by atoms with Crippen molar-refractivity contribution in [2.75, 3.05) is 11.9 Å². The Balaban J connectivity index is 1.42. The number of rotatable bonds is 7. The number of carbonyl (C=O) groups is 1. The molecule has 0 unspecified atom stereocenters. The van der Waals surface area contributed by atoms with Crippen LogP contribution in [0.15, 0.2) is 59.4 Å². The highest BCUT2D eigenvalue weighted by atomic mass is 32.1. The number of carbonyl (C=O) groups excluding carboxylic acids is 1. The van der Waals surface area contributed by atoms with Crippen molar-refractivity contribution >= 4 is 44.7 Å². The number of amides is 1. The molecule has 0 atom stereocenters. The van der Waals surface area contributed by atoms with E-state index >= 15 is 0 Å². The van der Waals surface area contributed by atoms with Crippen LogP contribution in [0.1, 0.15) is 27.9 Å². The molecular formula is C24H21N5O2S2. The van der Waals surface area contributed by atoms with E-state index < -0.39 is 0 Å². The average Bonchev–Trinajstić information content (AvgIpc) is 3.57. The summed E-state index contributed by atoms with van der Waals surface area (Å²) in [4.78, 5) is 23.6. The minimum atomic E-state index is -0.236. The molecule has 4 heterocycles. The van der Waals surface area contributed by atoms with Crippen LogP contribution in [0.5, 0.6) is 5.75 Å². The number of nitrogens with one attached hydrogen (secondary N) is 1. The first-order valence-electron chi connectivity index (χ1n) is 10.5. The second kappa shape index (κ2) is 9.13. The topological polar surface area (TPSA) is 81.9 Å². The van der Waals surface area contributed by atoms with Gasteiger partial charge in [0.1, 0.15) is 5.75 Å². The van der Waals surface area contributed by atoms with E-state index in [1.165, 1.54) is 16.2 Å². The van der Waals surface area contributed by atoms with Gasteiger partial charge in [-0.15, -0.1) is 22.7 Å². The maximum Gasteiger partial charge on any atom is 0.258 e. The molecular weight excluding hydrogens is 454 g/mol. The van der Waals surface area contributed by atoms with E-state index in [4.69, 9.17) is 4.74 Å². The van der Waals surface area contributed by atoms with E-state index in [-0.39, 0.29) is 5.91 Å². The Kier molecular flexibility index (Phi) is 5.89. The van der Waals surface area contributed by atoms with Crippen molar-refractivity contribution in [1.29, 1.82) is 0 Å². The van der Waals surface area contributed by atoms with Gasteiger partial charge in [0.2, 0.25) is 0 Å². The van der Waals surface area contributed by atoms with Crippen LogP contribution in [-0.4, -0.2) is 32.3 Å². The van der Waals surface area contributed by atoms with Crippen molar-refractivity contribution in [3.63, 3.8) is 0 Å². The summed E-state index contributed by atoms with van der Waals surface area (Å²) in [5.41, 5.74) is 3.64. The lowest BCUT2D eigenvalue weighted by molar-refractivity contribution is 0.102. The largest absolute Gasteiger partial charge is 0.493 e. The molecule has 0 aliphatic rings. The van der Waals surface area contributed by atoms with Crippen molar-refractivity contribution in [2.45, 2.75) is 20.4 Å². The van der Waals surface area contributed by atoms with E-state index in [1.807, 2.05) is 59.6 Å². The average molecular weight is 476 g/mol. The van der Waals surface area contributed by atoms with Crippen LogP contribution in [0.25, 0.3) is 22.3 Å². The monoisotopic (exact) mass is 475 g/mol. The minimum absolute atomic E-state index is 0.236. The van der Waals surface area contributed by atoms with Gasteiger partial charge in [-0.1, -0.05) is 18.2 Å². The third-order valence-corrected chi connectivity index (χ3v) is 6.67. The van der Waals surface area contributed by atoms with Crippen LogP contribution < -0.4 is 10.1 Å². The molecule has 1 aromatic carbocycles. The number of benzene rings is 1. The number of ether oxygens (including phenoxy) is 1. The number of hydrogen-bond donors (Lipinski definition) is 1. The number of aryl methyl sites for hydroxylation is 1. The highest BCUT2D eigenvalue weighted by molar-refractivity contribution is 7.14. The van der Waals surface area contributed by atoms with Crippen molar-refractivity contribution in [3.05, 3.63) is 75.6 Å². The zero-order chi connectivity index (χ0) is 22.8. The molecule has 5 rings (SSSR count). The number of pyridine rings is 1. The molecule has 166 valence electrons. The van der Waals surface area contributed by atoms with Gasteiger partial charge in [-0.05, 0) is 43.5 Å². The van der Waals surface area contributed by atoms with Crippen LogP contribution in [0.4, 0.5) is 5.13 Å². The highest BCUT2D eigenvalue weighted by Gasteiger charge is 2.18. The summed E-state index contributed by atoms with van der Waals surface area (Å²) in [6.07, 6.45) is 1.70. The fourth-order valence-corrected chi connectivity index (χ4v) is 5.00. The minimum Gasteiger partial charge on any atom is -0.493 e. The number of thiazole rings is 1. The number of thiophene rings is 1. The summed E-state index contributed by atoms with van der Waals surface area (Å²) >= 11 is 3.04. The summed E-state index contributed by atoms with van der Waals surface area (Å²) in [6, 6.07) is 13.6. The zero-order valence-corrected chi connectivity index (χ0v) is 19.7. The van der Waals surface area contributed by atoms with Crippen molar-refractivity contribution in [2.24, 2.45) is 0 Å². The Morgan fingerprint density at radius 2 is 2.03 bits per heavy atom. The van der Waals surface area contributed by atoms with Crippen LogP contribution in [0, 0.1) is 6.92 Å². The molecule has 33 heavy (non-hydrogen) atoms. The molecule has 9 heteroatoms. The number of nitrogens with zero attached hydrogens (tertiary/aromatic N) is 4. The molecule has 1 amide bonds. The molecule has 0 aliphatic carbocycles. The second-order valence-corrected chi connectivity index (χ2v) is 9.24. The SMILES string of the molecule is CCOc1ccccc1-c1csc(NC(=O)c2cc(C)nc3c2cnn3Cc2cccs2)n1. The Hall–Kier alpha value is -3.56. The molecule has 0 aliphatic heterocycles. The van der Waals surface area contributed by atoms with Gasteiger partial charge in [-0.3, -0.25) is 10.1 Å². The number of aromatic nitrogens is 4. The first-order chi connectivity index (χ1) is 16.1. The van der Waals surface area contributed by atoms with Gasteiger partial charge in [0.25, 0.3) is 5.91 Å². The Morgan fingerprint density at radius 3 is 2.85 bits per heavy atom. The molecule has 0 bridgehead atoms. The molecule has 5 aromatic rings. The molecule has 1 N–H and O–H groups in total. The van der Waals surface area contributed by atoms with Crippen molar-refractivity contribution in [1.82, 2.24) is 19.7 Å². The summed E-state index contributed by atoms with van der Waals surface area (Å²) in [5.74, 6) is 0.535. The third-order valence-electron chi connectivity index (χ3n) is 5.06. The number of anilines is 1. The maximum absolute atomic E-state index is 13.2. The summed E-state index contributed by atoms with van der Waals surface area (Å²) < 4.78 is 7.54. The molecule has 4 aromatic heterocycles. The molecule has 0 saturated heterocycles. The number of fused-ring (bicyclic) bond motifs is 1. The van der Waals surface area contributed by atoms with Gasteiger partial charge in [-0.25, -0.2) is 14.6 Å². The highest BCUT2D eigenvalue weighted by Crippen LogP contribution is 2.32. The molecule has 0 spiro atoms. The predicted octanol–water partition coefficient (Wildman–Crippen LogP) is 5.62. The Morgan fingerprint density at radius 1 is 1.15 bits per heavy atom. The fraction of sp³-hybridized carbons (Fsp3) is 0.167. The third kappa shape index (κ3) is 4.37. The lowest BCUT2D eigenvalue weighted by atomic mass is 10.1. The lowest BCUT2D eigenvalue weighted by Crippen LogP contribution is -2.13. The molecule has 0 saturated carbocycles. The first kappa shape index (κ1) is 21.3. The maximum atomic E-state index is 13.2. The molecule has 7 nitrogen and oxygen atoms in total. The zero-order valence-electron chi connectivity index (χ0n) is 18.1. The van der Waals surface area contributed by atoms with Gasteiger partial charge in [-0.2, -0.15) is 5.10 Å². The van der Waals surface area contributed by atoms with E-state index in [9.17, 15) is 4.79 Å². The summed E-state index contributed by atoms with van der Waals surface area (Å²) in [5, 5.41) is 12.6. The van der Waals surface area contributed by atoms with Crippen LogP contribution in [0.3, 0.4) is 0 Å². The molecule has 0 fully saturated rings. The second-order valence-electron chi connectivity index (χ2n) is 7.35. The number of para-hydroxylation sites is 1. The van der Waals surface area contributed by atoms with Gasteiger partial charge >= 0.3 is 0 Å². The fourth-order valence-electron chi connectivity index (χ4n) is 3.61. The quantitative estimate of drug-likeness (QED) is 0.330. The smallest absolute Gasteiger partial charge is 0.258 e. The van der Waals surface area contributed by atoms with Gasteiger partial charge in [0.05, 0.1) is 36.0 Å². The van der Waals surface area contributed by atoms with Crippen LogP contribution >= 0.6 is 22.7 Å². The summed E-state index contributed by atoms with van der Waals surface area (Å²) in [6.45, 7) is 5.02. The van der Waals surface area contributed by atoms with Crippen molar-refractivity contribution < 1.29 is 9.53 Å². The molecule has 0 radical (unpaired) electrons. The first-order valence-corrected chi connectivity index (χ1v) is 12.2. The van der Waals surface area contributed by atoms with Crippen molar-refractivity contribution in [3.8, 4) is 17.0 Å². The standard InChI is InChI=1S/C24H21N5O2S2/c1-3-31-21-9-5-4-8-17(21)20-14-33-24(27-20)28-23(30)18-11-15(2)26-22-19(18)12-25-29(22)13-16-7-6-10-32-16/h4-12,14H,3,13H2,1-2H3,(H,27,28,30). The lowest BCUT2D eigenvalue weighted by Gasteiger charge is -2.08. The van der Waals surface area contributed by atoms with Gasteiger partial charge in [0, 0.05) is 21.5 Å². The van der Waals surface area contributed by atoms with E-state index in [2.05, 4.69) is 26.4 Å². The van der Waals surface area contributed by atoms with Gasteiger partial charge < -0.3 is 4.74 Å². The van der Waals surface area contributed by atoms with Gasteiger partial charge in [0.15, 0.2) is 10.8 Å². The van der Waals surface area contributed by atoms with Crippen LogP contribution in [-0.2, 0) is 6.54 Å². The Labute approximate surface area is 198 Å². The van der Waals surface area contributed by atoms with E-state index in [0.29, 0.717) is 34.9 Å². The Bertz CT molecular complexity index is 1420. The normalized spacial score (nSPS) is 11.1. The van der Waals surface area contributed by atoms with E-state index in [0.717, 1.165) is 22.7 Å². The number of hydrogen-bond acceptors (Lipinski definition) is 7. The predicted molar refractivity (Wildman–Crippen MR) is 132 cm³/mol.